The van der Waals surface area contributed by atoms with Crippen LogP contribution in [-0.2, 0) is 28.6 Å². The molecule has 0 aromatic carbocycles. The molecule has 6 heteroatoms. The maximum Gasteiger partial charge on any atom is 0.306 e. The van der Waals surface area contributed by atoms with Crippen LogP contribution >= 0.6 is 0 Å². The highest BCUT2D eigenvalue weighted by Gasteiger charge is 2.19. The zero-order valence-electron chi connectivity index (χ0n) is 48.5. The summed E-state index contributed by atoms with van der Waals surface area (Å²) >= 11 is 0. The van der Waals surface area contributed by atoms with Crippen molar-refractivity contribution in [3.63, 3.8) is 0 Å². The van der Waals surface area contributed by atoms with Crippen LogP contribution in [0, 0.1) is 0 Å². The van der Waals surface area contributed by atoms with Crippen LogP contribution in [0.1, 0.15) is 348 Å². The minimum Gasteiger partial charge on any atom is -0.462 e. The number of allylic oxidation sites excluding steroid dienone is 6. The summed E-state index contributed by atoms with van der Waals surface area (Å²) in [5.74, 6) is -0.852. The summed E-state index contributed by atoms with van der Waals surface area (Å²) in [6.07, 6.45) is 74.3. The first-order chi connectivity index (χ1) is 35.5. The molecule has 0 spiro atoms. The van der Waals surface area contributed by atoms with Gasteiger partial charge in [-0.05, 0) is 57.8 Å². The van der Waals surface area contributed by atoms with E-state index in [1.165, 1.54) is 231 Å². The minimum atomic E-state index is -0.771. The predicted molar refractivity (Wildman–Crippen MR) is 312 cm³/mol. The monoisotopic (exact) mass is 1010 g/mol. The first-order valence-corrected chi connectivity index (χ1v) is 32.0. The third kappa shape index (κ3) is 58.5. The van der Waals surface area contributed by atoms with Crippen LogP contribution in [0.3, 0.4) is 0 Å². The van der Waals surface area contributed by atoms with Gasteiger partial charge in [-0.3, -0.25) is 14.4 Å². The number of carbonyl (C=O) groups excluding carboxylic acids is 3. The van der Waals surface area contributed by atoms with Gasteiger partial charge in [-0.2, -0.15) is 0 Å². The maximum atomic E-state index is 12.9. The number of hydrogen-bond acceptors (Lipinski definition) is 6. The van der Waals surface area contributed by atoms with Gasteiger partial charge in [0.25, 0.3) is 0 Å². The van der Waals surface area contributed by atoms with Crippen molar-refractivity contribution in [3.8, 4) is 0 Å². The number of rotatable bonds is 59. The SMILES string of the molecule is CCCCCCC/C=C\C/C=C\C/C=C\CCCCCCCCCCC(=O)OCC(COC(=O)CCCCCCCCCCCCCCC)OC(=O)CCCCCCCCCCCCCCCCCCCC. The van der Waals surface area contributed by atoms with Gasteiger partial charge in [0.1, 0.15) is 13.2 Å². The van der Waals surface area contributed by atoms with Gasteiger partial charge in [-0.25, -0.2) is 0 Å². The fraction of sp³-hybridized carbons (Fsp3) is 0.864. The second kappa shape index (κ2) is 61.2. The predicted octanol–water partition coefficient (Wildman–Crippen LogP) is 21.6. The fourth-order valence-corrected chi connectivity index (χ4v) is 9.57. The molecule has 0 fully saturated rings. The topological polar surface area (TPSA) is 78.9 Å². The lowest BCUT2D eigenvalue weighted by Gasteiger charge is -2.18. The zero-order chi connectivity index (χ0) is 52.2. The molecule has 0 radical (unpaired) electrons. The van der Waals surface area contributed by atoms with Crippen LogP contribution in [0.25, 0.3) is 0 Å². The maximum absolute atomic E-state index is 12.9. The minimum absolute atomic E-state index is 0.0689. The normalized spacial score (nSPS) is 12.2. The van der Waals surface area contributed by atoms with E-state index in [9.17, 15) is 14.4 Å². The fourth-order valence-electron chi connectivity index (χ4n) is 9.57. The number of esters is 3. The summed E-state index contributed by atoms with van der Waals surface area (Å²) in [4.78, 5) is 38.3. The van der Waals surface area contributed by atoms with Gasteiger partial charge in [-0.15, -0.1) is 0 Å². The molecule has 0 N–H and O–H groups in total. The Hall–Kier alpha value is -2.37. The van der Waals surface area contributed by atoms with Crippen LogP contribution in [0.5, 0.6) is 0 Å². The molecule has 0 amide bonds. The van der Waals surface area contributed by atoms with Crippen molar-refractivity contribution in [2.75, 3.05) is 13.2 Å². The Kier molecular flexibility index (Phi) is 59.2. The van der Waals surface area contributed by atoms with Crippen LogP contribution in [0.4, 0.5) is 0 Å². The summed E-state index contributed by atoms with van der Waals surface area (Å²) < 4.78 is 16.9. The van der Waals surface area contributed by atoms with Gasteiger partial charge in [0, 0.05) is 19.3 Å². The van der Waals surface area contributed by atoms with E-state index in [4.69, 9.17) is 14.2 Å². The Morgan fingerprint density at radius 1 is 0.278 bits per heavy atom. The van der Waals surface area contributed by atoms with Crippen molar-refractivity contribution in [1.29, 1.82) is 0 Å². The second-order valence-corrected chi connectivity index (χ2v) is 21.7. The van der Waals surface area contributed by atoms with Crippen molar-refractivity contribution in [2.24, 2.45) is 0 Å². The van der Waals surface area contributed by atoms with Crippen molar-refractivity contribution in [3.05, 3.63) is 36.5 Å². The van der Waals surface area contributed by atoms with Crippen LogP contribution in [0.15, 0.2) is 36.5 Å². The van der Waals surface area contributed by atoms with Crippen molar-refractivity contribution < 1.29 is 28.6 Å². The molecule has 72 heavy (non-hydrogen) atoms. The van der Waals surface area contributed by atoms with E-state index < -0.39 is 6.10 Å². The Morgan fingerprint density at radius 2 is 0.500 bits per heavy atom. The van der Waals surface area contributed by atoms with Crippen molar-refractivity contribution in [1.82, 2.24) is 0 Å². The summed E-state index contributed by atoms with van der Waals surface area (Å²) in [7, 11) is 0. The Morgan fingerprint density at radius 3 is 0.778 bits per heavy atom. The lowest BCUT2D eigenvalue weighted by Crippen LogP contribution is -2.30. The molecule has 0 rings (SSSR count). The molecular weight excluding hydrogens is 889 g/mol. The van der Waals surface area contributed by atoms with Crippen LogP contribution in [0.2, 0.25) is 0 Å². The summed E-state index contributed by atoms with van der Waals surface area (Å²) in [6, 6.07) is 0. The van der Waals surface area contributed by atoms with Crippen molar-refractivity contribution >= 4 is 17.9 Å². The zero-order valence-corrected chi connectivity index (χ0v) is 48.5. The van der Waals surface area contributed by atoms with E-state index in [1.54, 1.807) is 0 Å². The molecule has 0 aromatic rings. The molecule has 0 aliphatic heterocycles. The summed E-state index contributed by atoms with van der Waals surface area (Å²) in [6.45, 7) is 6.68. The first-order valence-electron chi connectivity index (χ1n) is 32.0. The second-order valence-electron chi connectivity index (χ2n) is 21.7. The van der Waals surface area contributed by atoms with Gasteiger partial charge < -0.3 is 14.2 Å². The third-order valence-electron chi connectivity index (χ3n) is 14.4. The van der Waals surface area contributed by atoms with E-state index in [1.807, 2.05) is 0 Å². The largest absolute Gasteiger partial charge is 0.462 e. The Bertz CT molecular complexity index is 1210. The molecule has 1 unspecified atom stereocenters. The molecule has 0 aromatic heterocycles. The number of unbranched alkanes of at least 4 members (excludes halogenated alkanes) is 42. The average Bonchev–Trinajstić information content (AvgIpc) is 3.38. The highest BCUT2D eigenvalue weighted by Crippen LogP contribution is 2.17. The van der Waals surface area contributed by atoms with Crippen LogP contribution < -0.4 is 0 Å². The standard InChI is InChI=1S/C66H122O6/c1-4-7-10-13-16-19-22-25-27-29-31-32-33-34-35-37-38-41-44-47-50-53-56-59-65(68)71-62-63(61-70-64(67)58-55-52-49-46-43-40-24-21-18-15-12-9-6-3)72-66(69)60-57-54-51-48-45-42-39-36-30-28-26-23-20-17-14-11-8-5-2/h22,25,29,31,33-34,63H,4-21,23-24,26-28,30,32,35-62H2,1-3H3/b25-22-,31-29-,34-33-. The van der Waals surface area contributed by atoms with Gasteiger partial charge in [0.15, 0.2) is 6.10 Å². The van der Waals surface area contributed by atoms with Gasteiger partial charge in [0.2, 0.25) is 0 Å². The number of hydrogen-bond donors (Lipinski definition) is 0. The summed E-state index contributed by atoms with van der Waals surface area (Å²) in [5, 5.41) is 0. The molecule has 422 valence electrons. The quantitative estimate of drug-likeness (QED) is 0.0261. The van der Waals surface area contributed by atoms with Gasteiger partial charge >= 0.3 is 17.9 Å². The molecule has 0 aliphatic carbocycles. The molecule has 0 bridgehead atoms. The van der Waals surface area contributed by atoms with E-state index >= 15 is 0 Å². The van der Waals surface area contributed by atoms with E-state index in [2.05, 4.69) is 57.2 Å². The van der Waals surface area contributed by atoms with E-state index in [0.29, 0.717) is 19.3 Å². The smallest absolute Gasteiger partial charge is 0.306 e. The summed E-state index contributed by atoms with van der Waals surface area (Å²) in [5.41, 5.74) is 0. The van der Waals surface area contributed by atoms with Gasteiger partial charge in [-0.1, -0.05) is 308 Å². The highest BCUT2D eigenvalue weighted by atomic mass is 16.6. The molecular formula is C66H122O6. The third-order valence-corrected chi connectivity index (χ3v) is 14.4. The molecule has 0 saturated heterocycles. The lowest BCUT2D eigenvalue weighted by atomic mass is 10.0. The van der Waals surface area contributed by atoms with E-state index in [-0.39, 0.29) is 31.1 Å². The van der Waals surface area contributed by atoms with E-state index in [0.717, 1.165) is 77.0 Å². The Balaban J connectivity index is 4.30. The first kappa shape index (κ1) is 69.6. The molecule has 1 atom stereocenters. The number of ether oxygens (including phenoxy) is 3. The van der Waals surface area contributed by atoms with Crippen molar-refractivity contribution in [2.45, 2.75) is 354 Å². The molecule has 0 heterocycles. The molecule has 0 aliphatic rings. The molecule has 6 nitrogen and oxygen atoms in total. The van der Waals surface area contributed by atoms with Gasteiger partial charge in [0.05, 0.1) is 0 Å². The number of carbonyl (C=O) groups is 3. The van der Waals surface area contributed by atoms with Crippen LogP contribution in [-0.4, -0.2) is 37.2 Å². The average molecular weight is 1010 g/mol. The molecule has 0 saturated carbocycles. The Labute approximate surface area is 448 Å². The highest BCUT2D eigenvalue weighted by molar-refractivity contribution is 5.71. The lowest BCUT2D eigenvalue weighted by molar-refractivity contribution is -0.167.